The lowest BCUT2D eigenvalue weighted by atomic mass is 9.87. The van der Waals surface area contributed by atoms with Crippen LogP contribution in [0.2, 0.25) is 0 Å². The van der Waals surface area contributed by atoms with Crippen molar-refractivity contribution in [3.63, 3.8) is 0 Å². The Labute approximate surface area is 214 Å². The summed E-state index contributed by atoms with van der Waals surface area (Å²) in [6.07, 6.45) is 4.92. The summed E-state index contributed by atoms with van der Waals surface area (Å²) in [6.45, 7) is 8.01. The summed E-state index contributed by atoms with van der Waals surface area (Å²) >= 11 is 0. The number of nitrogens with one attached hydrogen (secondary N) is 1. The Bertz CT molecular complexity index is 1690. The van der Waals surface area contributed by atoms with Gasteiger partial charge < -0.3 is 14.0 Å². The number of ether oxygens (including phenoxy) is 2. The van der Waals surface area contributed by atoms with E-state index in [1.54, 1.807) is 0 Å². The molecule has 3 heterocycles. The largest absolute Gasteiger partial charge is 0.344 e. The maximum Gasteiger partial charge on any atom is 0.259 e. The molecule has 1 saturated heterocycles. The van der Waals surface area contributed by atoms with Crippen LogP contribution in [0, 0.1) is 13.8 Å². The summed E-state index contributed by atoms with van der Waals surface area (Å²) in [5.74, 6) is -1.29. The third kappa shape index (κ3) is 3.12. The van der Waals surface area contributed by atoms with Gasteiger partial charge in [-0.1, -0.05) is 54.6 Å². The molecule has 0 spiro atoms. The average Bonchev–Trinajstić information content (AvgIpc) is 3.47. The summed E-state index contributed by atoms with van der Waals surface area (Å²) < 4.78 is 14.7. The van der Waals surface area contributed by atoms with Crippen molar-refractivity contribution < 1.29 is 19.1 Å². The molecule has 2 aliphatic heterocycles. The second kappa shape index (κ2) is 7.63. The molecule has 0 bridgehead atoms. The maximum atomic E-state index is 13.3. The van der Waals surface area contributed by atoms with E-state index in [1.807, 2.05) is 63.2 Å². The smallest absolute Gasteiger partial charge is 0.259 e. The monoisotopic (exact) mass is 492 g/mol. The Morgan fingerprint density at radius 3 is 2.43 bits per heavy atom. The predicted octanol–water partition coefficient (Wildman–Crippen LogP) is 5.98. The molecule has 4 aromatic rings. The summed E-state index contributed by atoms with van der Waals surface area (Å²) in [7, 11) is 0. The molecule has 0 saturated carbocycles. The number of amides is 2. The molecule has 6 nitrogen and oxygen atoms in total. The van der Waals surface area contributed by atoms with Crippen LogP contribution in [0.25, 0.3) is 32.9 Å². The molecule has 3 aliphatic rings. The van der Waals surface area contributed by atoms with E-state index in [4.69, 9.17) is 9.47 Å². The molecule has 1 fully saturated rings. The van der Waals surface area contributed by atoms with Crippen LogP contribution in [-0.4, -0.2) is 34.4 Å². The van der Waals surface area contributed by atoms with Crippen LogP contribution in [0.1, 0.15) is 58.2 Å². The van der Waals surface area contributed by atoms with Gasteiger partial charge >= 0.3 is 0 Å². The zero-order chi connectivity index (χ0) is 25.6. The van der Waals surface area contributed by atoms with E-state index >= 15 is 0 Å². The lowest BCUT2D eigenvalue weighted by Crippen LogP contribution is -2.28. The molecule has 37 heavy (non-hydrogen) atoms. The fourth-order valence-electron chi connectivity index (χ4n) is 6.61. The van der Waals surface area contributed by atoms with Crippen molar-refractivity contribution in [3.05, 3.63) is 82.9 Å². The van der Waals surface area contributed by atoms with Gasteiger partial charge in [-0.2, -0.15) is 0 Å². The minimum absolute atomic E-state index is 0.00258. The summed E-state index contributed by atoms with van der Waals surface area (Å²) in [6, 6.07) is 16.2. The Balaban J connectivity index is 1.58. The van der Waals surface area contributed by atoms with Crippen LogP contribution < -0.4 is 5.32 Å². The summed E-state index contributed by atoms with van der Waals surface area (Å²) in [5.41, 5.74) is 6.79. The Hall–Kier alpha value is -3.74. The molecular weight excluding hydrogens is 464 g/mol. The van der Waals surface area contributed by atoms with Gasteiger partial charge in [0.15, 0.2) is 5.79 Å². The molecule has 7 rings (SSSR count). The van der Waals surface area contributed by atoms with Crippen LogP contribution in [-0.2, 0) is 9.47 Å². The normalized spacial score (nSPS) is 24.1. The van der Waals surface area contributed by atoms with Crippen molar-refractivity contribution in [2.45, 2.75) is 58.2 Å². The first-order chi connectivity index (χ1) is 17.7. The van der Waals surface area contributed by atoms with Crippen molar-refractivity contribution >= 4 is 33.6 Å². The number of fused-ring (bicyclic) bond motifs is 6. The van der Waals surface area contributed by atoms with Crippen LogP contribution in [0.5, 0.6) is 0 Å². The zero-order valence-corrected chi connectivity index (χ0v) is 21.3. The Kier molecular flexibility index (Phi) is 4.63. The molecule has 6 heteroatoms. The topological polar surface area (TPSA) is 69.6 Å². The van der Waals surface area contributed by atoms with E-state index in [-0.39, 0.29) is 30.1 Å². The number of nitrogens with zero attached hydrogens (tertiary/aromatic N) is 1. The van der Waals surface area contributed by atoms with Gasteiger partial charge in [-0.25, -0.2) is 0 Å². The number of aromatic nitrogens is 1. The molecule has 3 aromatic carbocycles. The first-order valence-electron chi connectivity index (χ1n) is 12.8. The average molecular weight is 493 g/mol. The second-order valence-electron chi connectivity index (χ2n) is 10.8. The molecule has 3 atom stereocenters. The van der Waals surface area contributed by atoms with Crippen LogP contribution in [0.4, 0.5) is 0 Å². The number of carbonyl (C=O) groups is 2. The highest BCUT2D eigenvalue weighted by Crippen LogP contribution is 2.47. The molecule has 1 aliphatic carbocycles. The van der Waals surface area contributed by atoms with Gasteiger partial charge in [0.1, 0.15) is 6.10 Å². The molecule has 0 radical (unpaired) electrons. The van der Waals surface area contributed by atoms with E-state index in [1.165, 1.54) is 0 Å². The molecule has 1 N–H and O–H groups in total. The lowest BCUT2D eigenvalue weighted by molar-refractivity contribution is -0.143. The van der Waals surface area contributed by atoms with Crippen LogP contribution >= 0.6 is 0 Å². The number of benzene rings is 3. The molecule has 2 amide bonds. The highest BCUT2D eigenvalue weighted by atomic mass is 16.7. The van der Waals surface area contributed by atoms with Crippen molar-refractivity contribution in [1.29, 1.82) is 0 Å². The fraction of sp³-hybridized carbons (Fsp3) is 0.290. The minimum Gasteiger partial charge on any atom is -0.344 e. The van der Waals surface area contributed by atoms with Gasteiger partial charge in [-0.15, -0.1) is 0 Å². The second-order valence-corrected chi connectivity index (χ2v) is 10.8. The number of allylic oxidation sites excluding steroid dienone is 1. The van der Waals surface area contributed by atoms with Gasteiger partial charge in [0.05, 0.1) is 28.8 Å². The van der Waals surface area contributed by atoms with Gasteiger partial charge in [-0.3, -0.25) is 14.9 Å². The van der Waals surface area contributed by atoms with E-state index in [0.29, 0.717) is 11.1 Å². The number of para-hydroxylation sites is 1. The lowest BCUT2D eigenvalue weighted by Gasteiger charge is -2.28. The first-order valence-corrected chi connectivity index (χ1v) is 12.8. The number of aryl methyl sites for hydroxylation is 2. The molecular formula is C31H28N2O4. The third-order valence-corrected chi connectivity index (χ3v) is 8.04. The first kappa shape index (κ1) is 22.5. The third-order valence-electron chi connectivity index (χ3n) is 8.04. The predicted molar refractivity (Wildman–Crippen MR) is 143 cm³/mol. The standard InChI is InChI=1S/C31H28N2O4/c1-16-9-5-6-10-19(16)24-17(2)28-25(27-26(24)29(34)32-30(27)35)20-11-7-8-12-21(20)33(28)18-13-14-22-23(15-18)37-31(3,4)36-22/h5-14,18,22-23H,15H2,1-4H3,(H,32,34,35)/t18-,22-,23+/m0/s1. The van der Waals surface area contributed by atoms with Gasteiger partial charge in [0.2, 0.25) is 0 Å². The maximum absolute atomic E-state index is 13.3. The quantitative estimate of drug-likeness (QED) is 0.276. The van der Waals surface area contributed by atoms with E-state index in [9.17, 15) is 9.59 Å². The SMILES string of the molecule is Cc1ccccc1-c1c2c(c3c4ccccc4n([C@H]4C=C[C@@H]5OC(C)(C)O[C@@H]5C4)c3c1C)C(=O)NC2=O. The zero-order valence-electron chi connectivity index (χ0n) is 21.3. The van der Waals surface area contributed by atoms with Crippen LogP contribution in [0.3, 0.4) is 0 Å². The van der Waals surface area contributed by atoms with E-state index < -0.39 is 5.79 Å². The van der Waals surface area contributed by atoms with Gasteiger partial charge in [0.25, 0.3) is 11.8 Å². The van der Waals surface area contributed by atoms with Gasteiger partial charge in [0, 0.05) is 28.3 Å². The molecule has 186 valence electrons. The summed E-state index contributed by atoms with van der Waals surface area (Å²) in [4.78, 5) is 26.6. The Morgan fingerprint density at radius 1 is 0.892 bits per heavy atom. The van der Waals surface area contributed by atoms with E-state index in [0.717, 1.165) is 50.5 Å². The summed E-state index contributed by atoms with van der Waals surface area (Å²) in [5, 5.41) is 4.39. The number of hydrogen-bond acceptors (Lipinski definition) is 4. The highest BCUT2D eigenvalue weighted by molar-refractivity contribution is 6.33. The number of carbonyl (C=O) groups excluding carboxylic acids is 2. The van der Waals surface area contributed by atoms with Crippen molar-refractivity contribution in [2.75, 3.05) is 0 Å². The Morgan fingerprint density at radius 2 is 1.62 bits per heavy atom. The van der Waals surface area contributed by atoms with Crippen LogP contribution in [0.15, 0.2) is 60.7 Å². The van der Waals surface area contributed by atoms with Crippen molar-refractivity contribution in [3.8, 4) is 11.1 Å². The van der Waals surface area contributed by atoms with Crippen molar-refractivity contribution in [2.24, 2.45) is 0 Å². The minimum atomic E-state index is -0.622. The van der Waals surface area contributed by atoms with Gasteiger partial charge in [-0.05, 0) is 50.5 Å². The molecule has 1 aromatic heterocycles. The fourth-order valence-corrected chi connectivity index (χ4v) is 6.61. The van der Waals surface area contributed by atoms with Crippen molar-refractivity contribution in [1.82, 2.24) is 9.88 Å². The number of hydrogen-bond donors (Lipinski definition) is 1. The highest BCUT2D eigenvalue weighted by Gasteiger charge is 2.44. The van der Waals surface area contributed by atoms with E-state index in [2.05, 4.69) is 35.0 Å². The molecule has 0 unspecified atom stereocenters. The number of imide groups is 1. The number of rotatable bonds is 2.